The molecule has 0 aromatic heterocycles. The van der Waals surface area contributed by atoms with Gasteiger partial charge in [-0.05, 0) is 43.5 Å². The Labute approximate surface area is 185 Å². The fourth-order valence-electron chi connectivity index (χ4n) is 4.35. The summed E-state index contributed by atoms with van der Waals surface area (Å²) in [6, 6.07) is 7.37. The number of carbonyl (C=O) groups excluding carboxylic acids is 2. The second-order valence-electron chi connectivity index (χ2n) is 8.80. The van der Waals surface area contributed by atoms with Crippen LogP contribution in [0, 0.1) is 11.8 Å². The highest BCUT2D eigenvalue weighted by Crippen LogP contribution is 2.27. The van der Waals surface area contributed by atoms with E-state index in [2.05, 4.69) is 18.7 Å². The van der Waals surface area contributed by atoms with Gasteiger partial charge in [-0.25, -0.2) is 0 Å². The van der Waals surface area contributed by atoms with Gasteiger partial charge in [-0.2, -0.15) is 0 Å². The topological polar surface area (TPSA) is 53.1 Å². The summed E-state index contributed by atoms with van der Waals surface area (Å²) in [5.74, 6) is 1.54. The van der Waals surface area contributed by atoms with Crippen molar-refractivity contribution in [3.8, 4) is 5.75 Å². The quantitative estimate of drug-likeness (QED) is 0.660. The Bertz CT molecular complexity index is 717. The molecule has 2 saturated heterocycles. The van der Waals surface area contributed by atoms with Gasteiger partial charge in [0, 0.05) is 56.8 Å². The molecule has 0 radical (unpaired) electrons. The average Bonchev–Trinajstić information content (AvgIpc) is 2.72. The molecular formula is C23H34ClN3O3. The Kier molecular flexibility index (Phi) is 8.00. The fraction of sp³-hybridized carbons (Fsp3) is 0.652. The maximum atomic E-state index is 13.2. The zero-order valence-corrected chi connectivity index (χ0v) is 19.1. The molecule has 2 amide bonds. The Morgan fingerprint density at radius 3 is 2.47 bits per heavy atom. The van der Waals surface area contributed by atoms with Crippen LogP contribution in [0.4, 0.5) is 0 Å². The van der Waals surface area contributed by atoms with Crippen molar-refractivity contribution in [3.05, 3.63) is 29.3 Å². The van der Waals surface area contributed by atoms with Crippen LogP contribution >= 0.6 is 11.6 Å². The lowest BCUT2D eigenvalue weighted by Crippen LogP contribution is -2.56. The Balaban J connectivity index is 1.44. The summed E-state index contributed by atoms with van der Waals surface area (Å²) in [5, 5.41) is 0.701. The molecule has 0 saturated carbocycles. The number of halogens is 1. The molecule has 0 unspecified atom stereocenters. The SMILES string of the molecule is CC(C)CN1C(=O)CC[C@@H](C(=O)N2CCN(CCOc3ccc(Cl)cc3)CC2)[C@H]1C. The Morgan fingerprint density at radius 1 is 1.17 bits per heavy atom. The molecule has 2 aliphatic rings. The maximum absolute atomic E-state index is 13.2. The maximum Gasteiger partial charge on any atom is 0.227 e. The zero-order valence-electron chi connectivity index (χ0n) is 18.3. The molecular weight excluding hydrogens is 402 g/mol. The molecule has 1 aromatic rings. The number of hydrogen-bond donors (Lipinski definition) is 0. The van der Waals surface area contributed by atoms with Crippen molar-refractivity contribution in [2.24, 2.45) is 11.8 Å². The number of piperazine rings is 1. The molecule has 2 aliphatic heterocycles. The van der Waals surface area contributed by atoms with Gasteiger partial charge < -0.3 is 14.5 Å². The van der Waals surface area contributed by atoms with Crippen LogP contribution in [0.5, 0.6) is 5.75 Å². The molecule has 1 aromatic carbocycles. The Morgan fingerprint density at radius 2 is 1.83 bits per heavy atom. The molecule has 0 aliphatic carbocycles. The van der Waals surface area contributed by atoms with Crippen molar-refractivity contribution < 1.29 is 14.3 Å². The van der Waals surface area contributed by atoms with Gasteiger partial charge in [-0.15, -0.1) is 0 Å². The van der Waals surface area contributed by atoms with Gasteiger partial charge in [0.15, 0.2) is 0 Å². The monoisotopic (exact) mass is 435 g/mol. The number of ether oxygens (including phenoxy) is 1. The van der Waals surface area contributed by atoms with Crippen molar-refractivity contribution in [2.75, 3.05) is 45.9 Å². The van der Waals surface area contributed by atoms with Crippen LogP contribution in [0.3, 0.4) is 0 Å². The van der Waals surface area contributed by atoms with E-state index in [4.69, 9.17) is 16.3 Å². The smallest absolute Gasteiger partial charge is 0.227 e. The summed E-state index contributed by atoms with van der Waals surface area (Å²) in [7, 11) is 0. The summed E-state index contributed by atoms with van der Waals surface area (Å²) in [4.78, 5) is 31.7. The van der Waals surface area contributed by atoms with E-state index in [9.17, 15) is 9.59 Å². The standard InChI is InChI=1S/C23H34ClN3O3/c1-17(2)16-27-18(3)21(8-9-22(27)28)23(29)26-12-10-25(11-13-26)14-15-30-20-6-4-19(24)5-7-20/h4-7,17-18,21H,8-16H2,1-3H3/t18-,21-/m1/s1. The van der Waals surface area contributed by atoms with Crippen LogP contribution in [0.15, 0.2) is 24.3 Å². The summed E-state index contributed by atoms with van der Waals surface area (Å²) in [5.41, 5.74) is 0. The third-order valence-electron chi connectivity index (χ3n) is 6.12. The second kappa shape index (κ2) is 10.5. The lowest BCUT2D eigenvalue weighted by atomic mass is 9.87. The number of piperidine rings is 1. The first-order valence-electron chi connectivity index (χ1n) is 11.0. The van der Waals surface area contributed by atoms with E-state index in [-0.39, 0.29) is 23.8 Å². The van der Waals surface area contributed by atoms with Gasteiger partial charge in [0.05, 0.1) is 5.92 Å². The van der Waals surface area contributed by atoms with E-state index < -0.39 is 0 Å². The molecule has 2 fully saturated rings. The number of likely N-dealkylation sites (tertiary alicyclic amines) is 1. The van der Waals surface area contributed by atoms with Crippen LogP contribution in [0.2, 0.25) is 5.02 Å². The highest BCUT2D eigenvalue weighted by Gasteiger charge is 2.39. The predicted molar refractivity (Wildman–Crippen MR) is 119 cm³/mol. The van der Waals surface area contributed by atoms with Gasteiger partial charge in [-0.3, -0.25) is 14.5 Å². The summed E-state index contributed by atoms with van der Waals surface area (Å²) in [6.07, 6.45) is 1.15. The van der Waals surface area contributed by atoms with E-state index in [1.807, 2.05) is 41.0 Å². The minimum absolute atomic E-state index is 0.0213. The van der Waals surface area contributed by atoms with Crippen molar-refractivity contribution in [2.45, 2.75) is 39.7 Å². The average molecular weight is 436 g/mol. The second-order valence-corrected chi connectivity index (χ2v) is 9.23. The van der Waals surface area contributed by atoms with Gasteiger partial charge in [-0.1, -0.05) is 25.4 Å². The normalized spacial score (nSPS) is 23.2. The molecule has 30 heavy (non-hydrogen) atoms. The summed E-state index contributed by atoms with van der Waals surface area (Å²) < 4.78 is 5.78. The van der Waals surface area contributed by atoms with Gasteiger partial charge in [0.2, 0.25) is 11.8 Å². The van der Waals surface area contributed by atoms with Gasteiger partial charge in [0.1, 0.15) is 12.4 Å². The molecule has 0 spiro atoms. The molecule has 0 bridgehead atoms. The minimum atomic E-state index is -0.0822. The number of rotatable bonds is 7. The molecule has 2 heterocycles. The molecule has 3 rings (SSSR count). The molecule has 166 valence electrons. The first kappa shape index (κ1) is 22.9. The lowest BCUT2D eigenvalue weighted by molar-refractivity contribution is -0.148. The molecule has 6 nitrogen and oxygen atoms in total. The van der Waals surface area contributed by atoms with Crippen LogP contribution < -0.4 is 4.74 Å². The number of nitrogens with zero attached hydrogens (tertiary/aromatic N) is 3. The first-order chi connectivity index (χ1) is 14.3. The highest BCUT2D eigenvalue weighted by atomic mass is 35.5. The summed E-state index contributed by atoms with van der Waals surface area (Å²) >= 11 is 5.89. The number of carbonyl (C=O) groups is 2. The molecule has 0 N–H and O–H groups in total. The zero-order chi connectivity index (χ0) is 21.7. The van der Waals surface area contributed by atoms with E-state index in [1.165, 1.54) is 0 Å². The summed E-state index contributed by atoms with van der Waals surface area (Å²) in [6.45, 7) is 11.6. The van der Waals surface area contributed by atoms with Crippen molar-refractivity contribution in [3.63, 3.8) is 0 Å². The largest absolute Gasteiger partial charge is 0.492 e. The van der Waals surface area contributed by atoms with Crippen molar-refractivity contribution in [1.82, 2.24) is 14.7 Å². The number of amides is 2. The predicted octanol–water partition coefficient (Wildman–Crippen LogP) is 3.15. The fourth-order valence-corrected chi connectivity index (χ4v) is 4.48. The van der Waals surface area contributed by atoms with Crippen LogP contribution in [-0.2, 0) is 9.59 Å². The van der Waals surface area contributed by atoms with E-state index >= 15 is 0 Å². The van der Waals surface area contributed by atoms with Crippen LogP contribution in [0.25, 0.3) is 0 Å². The van der Waals surface area contributed by atoms with Gasteiger partial charge >= 0.3 is 0 Å². The highest BCUT2D eigenvalue weighted by molar-refractivity contribution is 6.30. The van der Waals surface area contributed by atoms with Crippen molar-refractivity contribution >= 4 is 23.4 Å². The van der Waals surface area contributed by atoms with Crippen LogP contribution in [-0.4, -0.2) is 78.4 Å². The van der Waals surface area contributed by atoms with E-state index in [0.29, 0.717) is 30.4 Å². The van der Waals surface area contributed by atoms with Crippen LogP contribution in [0.1, 0.15) is 33.6 Å². The number of benzene rings is 1. The lowest BCUT2D eigenvalue weighted by Gasteiger charge is -2.43. The number of hydrogen-bond acceptors (Lipinski definition) is 4. The van der Waals surface area contributed by atoms with E-state index in [1.54, 1.807) is 0 Å². The Hall–Kier alpha value is -1.79. The third kappa shape index (κ3) is 5.88. The van der Waals surface area contributed by atoms with Crippen molar-refractivity contribution in [1.29, 1.82) is 0 Å². The van der Waals surface area contributed by atoms with Gasteiger partial charge in [0.25, 0.3) is 0 Å². The minimum Gasteiger partial charge on any atom is -0.492 e. The molecule has 2 atom stereocenters. The molecule has 7 heteroatoms. The first-order valence-corrected chi connectivity index (χ1v) is 11.4. The van der Waals surface area contributed by atoms with E-state index in [0.717, 1.165) is 45.0 Å². The third-order valence-corrected chi connectivity index (χ3v) is 6.37.